The van der Waals surface area contributed by atoms with Gasteiger partial charge < -0.3 is 0 Å². The molecule has 162 valence electrons. The zero-order valence-electron chi connectivity index (χ0n) is 18.4. The van der Waals surface area contributed by atoms with Gasteiger partial charge in [0, 0.05) is 26.2 Å². The largest absolute Gasteiger partial charge is 0.290 e. The highest BCUT2D eigenvalue weighted by molar-refractivity contribution is 5.77. The predicted octanol–water partition coefficient (Wildman–Crippen LogP) is 4.07. The van der Waals surface area contributed by atoms with E-state index in [0.29, 0.717) is 12.1 Å². The summed E-state index contributed by atoms with van der Waals surface area (Å²) in [5.74, 6) is 0.766. The summed E-state index contributed by atoms with van der Waals surface area (Å²) >= 11 is 0. The average Bonchev–Trinajstić information content (AvgIpc) is 2.84. The van der Waals surface area contributed by atoms with Gasteiger partial charge in [-0.05, 0) is 30.2 Å². The van der Waals surface area contributed by atoms with Gasteiger partial charge >= 0.3 is 0 Å². The average molecular weight is 425 g/mol. The van der Waals surface area contributed by atoms with Crippen molar-refractivity contribution in [3.8, 4) is 0 Å². The van der Waals surface area contributed by atoms with Crippen molar-refractivity contribution < 1.29 is 0 Å². The number of benzene rings is 3. The van der Waals surface area contributed by atoms with Gasteiger partial charge in [0.05, 0.1) is 23.6 Å². The number of aromatic nitrogens is 2. The van der Waals surface area contributed by atoms with E-state index < -0.39 is 0 Å². The molecule has 3 aromatic carbocycles. The van der Waals surface area contributed by atoms with Gasteiger partial charge in [-0.1, -0.05) is 72.8 Å². The molecule has 1 aromatic heterocycles. The third-order valence-corrected chi connectivity index (χ3v) is 6.40. The predicted molar refractivity (Wildman–Crippen MR) is 129 cm³/mol. The Morgan fingerprint density at radius 2 is 1.34 bits per heavy atom. The summed E-state index contributed by atoms with van der Waals surface area (Å²) in [5, 5.41) is 0.685. The Morgan fingerprint density at radius 3 is 1.97 bits per heavy atom. The van der Waals surface area contributed by atoms with Gasteiger partial charge in [-0.3, -0.25) is 19.2 Å². The van der Waals surface area contributed by atoms with Gasteiger partial charge in [0.25, 0.3) is 5.56 Å². The molecule has 0 amide bonds. The van der Waals surface area contributed by atoms with Crippen molar-refractivity contribution in [3.63, 3.8) is 0 Å². The summed E-state index contributed by atoms with van der Waals surface area (Å²) < 4.78 is 1.81. The number of piperazine rings is 1. The van der Waals surface area contributed by atoms with Crippen LogP contribution in [-0.2, 0) is 6.67 Å². The smallest absolute Gasteiger partial charge is 0.262 e. The van der Waals surface area contributed by atoms with E-state index in [-0.39, 0.29) is 11.6 Å². The molecule has 4 aromatic rings. The summed E-state index contributed by atoms with van der Waals surface area (Å²) in [4.78, 5) is 22.6. The second-order valence-corrected chi connectivity index (χ2v) is 8.43. The van der Waals surface area contributed by atoms with E-state index >= 15 is 0 Å². The Hall–Kier alpha value is -3.28. The Bertz CT molecular complexity index is 1210. The molecule has 5 nitrogen and oxygen atoms in total. The maximum Gasteiger partial charge on any atom is 0.262 e. The van der Waals surface area contributed by atoms with Gasteiger partial charge in [0.1, 0.15) is 5.82 Å². The molecule has 1 aliphatic rings. The molecule has 1 saturated heterocycles. The van der Waals surface area contributed by atoms with Crippen LogP contribution in [0.2, 0.25) is 0 Å². The first-order chi connectivity index (χ1) is 15.7. The second kappa shape index (κ2) is 9.07. The van der Waals surface area contributed by atoms with Crippen molar-refractivity contribution in [3.05, 3.63) is 112 Å². The van der Waals surface area contributed by atoms with Crippen LogP contribution in [-0.4, -0.2) is 45.5 Å². The molecule has 0 N–H and O–H groups in total. The van der Waals surface area contributed by atoms with Crippen molar-refractivity contribution >= 4 is 10.9 Å². The van der Waals surface area contributed by atoms with Gasteiger partial charge in [-0.15, -0.1) is 0 Å². The first kappa shape index (κ1) is 20.6. The molecule has 0 radical (unpaired) electrons. The first-order valence-electron chi connectivity index (χ1n) is 11.2. The van der Waals surface area contributed by atoms with Crippen molar-refractivity contribution in [2.45, 2.75) is 19.6 Å². The van der Waals surface area contributed by atoms with E-state index in [2.05, 4.69) is 75.4 Å². The second-order valence-electron chi connectivity index (χ2n) is 8.43. The van der Waals surface area contributed by atoms with Crippen LogP contribution in [0, 0.1) is 6.92 Å². The standard InChI is InChI=1S/C27H28N4O/c1-21-28-25-15-9-8-14-24(25)27(32)31(21)20-29-16-18-30(19-17-29)26(22-10-4-2-5-11-22)23-12-6-3-7-13-23/h2-15,26H,16-20H2,1H3. The minimum absolute atomic E-state index is 0.0435. The molecule has 0 unspecified atom stereocenters. The summed E-state index contributed by atoms with van der Waals surface area (Å²) in [6, 6.07) is 29.3. The Labute approximate surface area is 188 Å². The molecule has 32 heavy (non-hydrogen) atoms. The summed E-state index contributed by atoms with van der Waals surface area (Å²) in [6.45, 7) is 6.22. The zero-order chi connectivity index (χ0) is 21.9. The lowest BCUT2D eigenvalue weighted by Gasteiger charge is -2.40. The fourth-order valence-corrected chi connectivity index (χ4v) is 4.69. The van der Waals surface area contributed by atoms with Crippen LogP contribution >= 0.6 is 0 Å². The third-order valence-electron chi connectivity index (χ3n) is 6.40. The Morgan fingerprint density at radius 1 is 0.781 bits per heavy atom. The van der Waals surface area contributed by atoms with Crippen LogP contribution in [0.1, 0.15) is 23.0 Å². The quantitative estimate of drug-likeness (QED) is 0.484. The van der Waals surface area contributed by atoms with Crippen molar-refractivity contribution in [1.82, 2.24) is 19.4 Å². The number of fused-ring (bicyclic) bond motifs is 1. The molecule has 0 spiro atoms. The van der Waals surface area contributed by atoms with Crippen LogP contribution in [0.3, 0.4) is 0 Å². The first-order valence-corrected chi connectivity index (χ1v) is 11.2. The molecule has 1 aliphatic heterocycles. The zero-order valence-corrected chi connectivity index (χ0v) is 18.4. The van der Waals surface area contributed by atoms with Gasteiger partial charge in [0.2, 0.25) is 0 Å². The fraction of sp³-hybridized carbons (Fsp3) is 0.259. The SMILES string of the molecule is Cc1nc2ccccc2c(=O)n1CN1CCN(C(c2ccccc2)c2ccccc2)CC1. The van der Waals surface area contributed by atoms with Gasteiger partial charge in [0.15, 0.2) is 0 Å². The highest BCUT2D eigenvalue weighted by atomic mass is 16.1. The Balaban J connectivity index is 1.35. The normalized spacial score (nSPS) is 15.4. The monoisotopic (exact) mass is 424 g/mol. The Kier molecular flexibility index (Phi) is 5.84. The number of nitrogens with zero attached hydrogens (tertiary/aromatic N) is 4. The number of rotatable bonds is 5. The van der Waals surface area contributed by atoms with Crippen molar-refractivity contribution in [2.75, 3.05) is 26.2 Å². The van der Waals surface area contributed by atoms with Crippen molar-refractivity contribution in [1.29, 1.82) is 0 Å². The minimum atomic E-state index is 0.0435. The fourth-order valence-electron chi connectivity index (χ4n) is 4.69. The molecule has 2 heterocycles. The highest BCUT2D eigenvalue weighted by Gasteiger charge is 2.26. The molecule has 1 fully saturated rings. The number of para-hydroxylation sites is 1. The van der Waals surface area contributed by atoms with Crippen molar-refractivity contribution in [2.24, 2.45) is 0 Å². The van der Waals surface area contributed by atoms with Gasteiger partial charge in [-0.2, -0.15) is 0 Å². The van der Waals surface area contributed by atoms with E-state index in [1.54, 1.807) is 0 Å². The molecule has 5 rings (SSSR count). The van der Waals surface area contributed by atoms with Crippen LogP contribution < -0.4 is 5.56 Å². The topological polar surface area (TPSA) is 41.4 Å². The van der Waals surface area contributed by atoms with E-state index in [1.807, 2.05) is 35.8 Å². The highest BCUT2D eigenvalue weighted by Crippen LogP contribution is 2.29. The van der Waals surface area contributed by atoms with E-state index in [9.17, 15) is 4.79 Å². The number of aryl methyl sites for hydroxylation is 1. The molecular weight excluding hydrogens is 396 g/mol. The number of hydrogen-bond acceptors (Lipinski definition) is 4. The lowest BCUT2D eigenvalue weighted by Crippen LogP contribution is -2.49. The van der Waals surface area contributed by atoms with Crippen LogP contribution in [0.5, 0.6) is 0 Å². The van der Waals surface area contributed by atoms with E-state index in [4.69, 9.17) is 0 Å². The van der Waals surface area contributed by atoms with E-state index in [1.165, 1.54) is 11.1 Å². The molecule has 0 bridgehead atoms. The van der Waals surface area contributed by atoms with Gasteiger partial charge in [-0.25, -0.2) is 4.98 Å². The van der Waals surface area contributed by atoms with E-state index in [0.717, 1.165) is 37.5 Å². The maximum atomic E-state index is 13.1. The molecule has 0 aliphatic carbocycles. The number of hydrogen-bond donors (Lipinski definition) is 0. The molecule has 5 heteroatoms. The third kappa shape index (κ3) is 4.09. The minimum Gasteiger partial charge on any atom is -0.290 e. The molecule has 0 atom stereocenters. The molecule has 0 saturated carbocycles. The molecular formula is C27H28N4O. The van der Waals surface area contributed by atoms with Crippen LogP contribution in [0.15, 0.2) is 89.7 Å². The lowest BCUT2D eigenvalue weighted by atomic mass is 9.96. The summed E-state index contributed by atoms with van der Waals surface area (Å²) in [6.07, 6.45) is 0. The summed E-state index contributed by atoms with van der Waals surface area (Å²) in [5.41, 5.74) is 3.45. The summed E-state index contributed by atoms with van der Waals surface area (Å²) in [7, 11) is 0. The van der Waals surface area contributed by atoms with Crippen LogP contribution in [0.4, 0.5) is 0 Å². The van der Waals surface area contributed by atoms with Crippen LogP contribution in [0.25, 0.3) is 10.9 Å². The maximum absolute atomic E-state index is 13.1. The lowest BCUT2D eigenvalue weighted by molar-refractivity contribution is 0.0867.